The Hall–Kier alpha value is -2.31. The van der Waals surface area contributed by atoms with Crippen LogP contribution in [0.5, 0.6) is 0 Å². The van der Waals surface area contributed by atoms with Crippen molar-refractivity contribution in [2.24, 2.45) is 23.7 Å². The van der Waals surface area contributed by atoms with Gasteiger partial charge < -0.3 is 62.9 Å². The lowest BCUT2D eigenvalue weighted by atomic mass is 9.71. The molecule has 4 fully saturated rings. The molecule has 7 aliphatic rings. The first-order valence-corrected chi connectivity index (χ1v) is 23.4. The molecule has 1 spiro atoms. The molecule has 1 aliphatic carbocycles. The van der Waals surface area contributed by atoms with Crippen LogP contribution in [-0.4, -0.2) is 141 Å². The molecule has 354 valence electrons. The highest BCUT2D eigenvalue weighted by atomic mass is 16.7. The molecule has 6 aliphatic heterocycles. The molecular weight excluding hydrogens is 811 g/mol. The third kappa shape index (κ3) is 10.0. The van der Waals surface area contributed by atoms with Crippen molar-refractivity contribution in [3.63, 3.8) is 0 Å². The van der Waals surface area contributed by atoms with Crippen LogP contribution in [0.15, 0.2) is 59.3 Å². The van der Waals surface area contributed by atoms with Crippen LogP contribution in [0.1, 0.15) is 93.9 Å². The third-order valence-corrected chi connectivity index (χ3v) is 14.9. The number of hydrogen-bond donors (Lipinski definition) is 3. The number of aliphatic hydroxyl groups is 2. The Bertz CT molecular complexity index is 1750. The monoisotopic (exact) mass is 886 g/mol. The number of likely N-dealkylation sites (N-methyl/N-ethyl adjacent to an activating group) is 1. The number of carbonyl (C=O) groups excluding carboxylic acids is 1. The van der Waals surface area contributed by atoms with Gasteiger partial charge in [-0.3, -0.25) is 4.79 Å². The fourth-order valence-electron chi connectivity index (χ4n) is 11.0. The summed E-state index contributed by atoms with van der Waals surface area (Å²) in [7, 11) is 5.30. The van der Waals surface area contributed by atoms with Crippen LogP contribution >= 0.6 is 0 Å². The lowest BCUT2D eigenvalue weighted by molar-refractivity contribution is -0.312. The van der Waals surface area contributed by atoms with Gasteiger partial charge in [-0.2, -0.15) is 0 Å². The lowest BCUT2D eigenvalue weighted by Crippen LogP contribution is -2.58. The summed E-state index contributed by atoms with van der Waals surface area (Å²) < 4.78 is 64.6. The molecule has 0 amide bonds. The van der Waals surface area contributed by atoms with Crippen molar-refractivity contribution in [2.45, 2.75) is 191 Å². The molecule has 7 rings (SSSR count). The molecule has 6 heterocycles. The van der Waals surface area contributed by atoms with Gasteiger partial charge in [0.25, 0.3) is 0 Å². The van der Waals surface area contributed by atoms with E-state index < -0.39 is 66.4 Å². The highest BCUT2D eigenvalue weighted by Gasteiger charge is 2.60. The summed E-state index contributed by atoms with van der Waals surface area (Å²) in [5.74, 6) is -2.51. The number of fused-ring (bicyclic) bond motifs is 2. The van der Waals surface area contributed by atoms with Crippen molar-refractivity contribution in [1.82, 2.24) is 5.32 Å². The zero-order valence-corrected chi connectivity index (χ0v) is 39.3. The predicted octanol–water partition coefficient (Wildman–Crippen LogP) is 5.60. The van der Waals surface area contributed by atoms with Gasteiger partial charge in [0.05, 0.1) is 55.4 Å². The largest absolute Gasteiger partial charge is 0.462 e. The van der Waals surface area contributed by atoms with Gasteiger partial charge in [-0.1, -0.05) is 70.6 Å². The second-order valence-corrected chi connectivity index (χ2v) is 19.3. The zero-order chi connectivity index (χ0) is 45.4. The maximum Gasteiger partial charge on any atom is 0.316 e. The Morgan fingerprint density at radius 1 is 0.921 bits per heavy atom. The van der Waals surface area contributed by atoms with Crippen molar-refractivity contribution < 1.29 is 62.4 Å². The van der Waals surface area contributed by atoms with E-state index >= 15 is 0 Å². The summed E-state index contributed by atoms with van der Waals surface area (Å²) in [4.78, 5) is 14.4. The molecule has 0 aromatic heterocycles. The van der Waals surface area contributed by atoms with Crippen molar-refractivity contribution in [3.8, 4) is 0 Å². The van der Waals surface area contributed by atoms with Crippen molar-refractivity contribution in [3.05, 3.63) is 59.3 Å². The topological polar surface area (TPSA) is 162 Å². The average molecular weight is 886 g/mol. The summed E-state index contributed by atoms with van der Waals surface area (Å²) in [5, 5.41) is 27.1. The summed E-state index contributed by atoms with van der Waals surface area (Å²) in [5.41, 5.74) is 0.180. The van der Waals surface area contributed by atoms with E-state index in [-0.39, 0.29) is 67.0 Å². The van der Waals surface area contributed by atoms with E-state index in [1.165, 1.54) is 0 Å². The Kier molecular flexibility index (Phi) is 15.7. The minimum atomic E-state index is -1.83. The number of methoxy groups -OCH3 is 2. The van der Waals surface area contributed by atoms with Crippen LogP contribution in [0.2, 0.25) is 0 Å². The van der Waals surface area contributed by atoms with Gasteiger partial charge >= 0.3 is 5.97 Å². The van der Waals surface area contributed by atoms with Crippen LogP contribution < -0.4 is 5.32 Å². The molecule has 0 radical (unpaired) electrons. The minimum Gasteiger partial charge on any atom is -0.462 e. The number of ether oxygens (including phenoxy) is 10. The van der Waals surface area contributed by atoms with Crippen LogP contribution in [0.3, 0.4) is 0 Å². The number of allylic oxidation sites excluding steroid dienone is 2. The number of aliphatic hydroxyl groups excluding tert-OH is 1. The highest BCUT2D eigenvalue weighted by Crippen LogP contribution is 2.47. The number of carbonyl (C=O) groups is 1. The van der Waals surface area contributed by atoms with Crippen LogP contribution in [0.25, 0.3) is 0 Å². The first kappa shape index (κ1) is 48.6. The Balaban J connectivity index is 1.18. The average Bonchev–Trinajstić information content (AvgIpc) is 3.60. The summed E-state index contributed by atoms with van der Waals surface area (Å²) in [6.45, 7) is 16.4. The predicted molar refractivity (Wildman–Crippen MR) is 234 cm³/mol. The number of rotatable bonds is 9. The Morgan fingerprint density at radius 3 is 2.35 bits per heavy atom. The van der Waals surface area contributed by atoms with Crippen LogP contribution in [0.4, 0.5) is 0 Å². The van der Waals surface area contributed by atoms with E-state index in [1.807, 2.05) is 39.1 Å². The standard InChI is InChI=1S/C49H75NO13/c1-12-26(2)44-29(5)18-19-48(63-44)24-35-21-34(62-48)17-16-28(4)43(27(3)14-13-15-33-25-56-46-42(51)30(6)20-36(47(52)59-35)49(33,46)53)60-40-23-38(55-11)45(32(8)58-40)61-39-22-37(54-10)41(50-9)31(7)57-39/h13-16,18-20,26-27,29,31-32,34-46,50-51,53H,12,17,21-25H2,1-11H3/b14-13+,28-16?,33-15+/t26-,27-,29-,31-,32-,34+,35-,36-,37-,38-,39-,40-,41-,42+,43-,44+,45-,46+,48+,49+/m0/s1. The normalized spacial score (nSPS) is 47.7. The molecule has 0 aromatic carbocycles. The number of nitrogens with one attached hydrogen (secondary N) is 1. The maximum atomic E-state index is 14.4. The van der Waals surface area contributed by atoms with Gasteiger partial charge in [0.1, 0.15) is 35.9 Å². The first-order valence-electron chi connectivity index (χ1n) is 23.4. The van der Waals surface area contributed by atoms with E-state index in [4.69, 9.17) is 47.4 Å². The van der Waals surface area contributed by atoms with Crippen LogP contribution in [0, 0.1) is 23.7 Å². The molecule has 14 nitrogen and oxygen atoms in total. The number of esters is 1. The smallest absolute Gasteiger partial charge is 0.316 e. The van der Waals surface area contributed by atoms with Crippen molar-refractivity contribution in [2.75, 3.05) is 27.9 Å². The van der Waals surface area contributed by atoms with Gasteiger partial charge in [-0.05, 0) is 69.9 Å². The van der Waals surface area contributed by atoms with E-state index in [1.54, 1.807) is 33.3 Å². The second kappa shape index (κ2) is 20.3. The van der Waals surface area contributed by atoms with Gasteiger partial charge in [0.15, 0.2) is 18.4 Å². The molecule has 63 heavy (non-hydrogen) atoms. The van der Waals surface area contributed by atoms with E-state index in [0.29, 0.717) is 43.3 Å². The van der Waals surface area contributed by atoms with Gasteiger partial charge in [-0.25, -0.2) is 0 Å². The zero-order valence-electron chi connectivity index (χ0n) is 39.3. The van der Waals surface area contributed by atoms with Gasteiger partial charge in [-0.15, -0.1) is 0 Å². The summed E-state index contributed by atoms with van der Waals surface area (Å²) in [6, 6.07) is 0.0442. The molecular formula is C49H75NO13. The lowest BCUT2D eigenvalue weighted by Gasteiger charge is -2.48. The quantitative estimate of drug-likeness (QED) is 0.194. The van der Waals surface area contributed by atoms with Crippen molar-refractivity contribution >= 4 is 5.97 Å². The molecule has 4 saturated heterocycles. The van der Waals surface area contributed by atoms with E-state index in [9.17, 15) is 15.0 Å². The number of hydrogen-bond acceptors (Lipinski definition) is 14. The second-order valence-electron chi connectivity index (χ2n) is 19.3. The molecule has 0 aromatic rings. The molecule has 20 atom stereocenters. The molecule has 0 unspecified atom stereocenters. The molecule has 0 saturated carbocycles. The first-order chi connectivity index (χ1) is 30.0. The minimum absolute atomic E-state index is 0.0411. The Morgan fingerprint density at radius 2 is 1.63 bits per heavy atom. The molecule has 14 heteroatoms. The molecule has 2 bridgehead atoms. The van der Waals surface area contributed by atoms with Gasteiger partial charge in [0.2, 0.25) is 0 Å². The molecule has 3 N–H and O–H groups in total. The summed E-state index contributed by atoms with van der Waals surface area (Å²) >= 11 is 0. The fraction of sp³-hybridized carbons (Fsp3) is 0.776. The summed E-state index contributed by atoms with van der Waals surface area (Å²) in [6.07, 6.45) is 10.7. The van der Waals surface area contributed by atoms with E-state index in [0.717, 1.165) is 12.0 Å². The van der Waals surface area contributed by atoms with Crippen molar-refractivity contribution in [1.29, 1.82) is 0 Å². The third-order valence-electron chi connectivity index (χ3n) is 14.9. The van der Waals surface area contributed by atoms with Gasteiger partial charge in [0, 0.05) is 51.7 Å². The van der Waals surface area contributed by atoms with Crippen LogP contribution in [-0.2, 0) is 52.2 Å². The Labute approximate surface area is 374 Å². The SMILES string of the molecule is CC[C@H](C)[C@H]1O[C@]2(C=C[C@@H]1C)C[C@@H]1C[C@@H](CC=C(C)[C@@H](O[C@H]3C[C@H](OC)[C@@H](O[C@H]4C[C@H](OC)[C@@H](NC)[C@H](C)O4)[C@H](C)O3)[C@@H](C)/C=C/C=C3\CO[C@@H]4[C@H](O)C(C)=C[C@@H](C(=O)O1)[C@]34O)O2. The van der Waals surface area contributed by atoms with E-state index in [2.05, 4.69) is 52.1 Å². The highest BCUT2D eigenvalue weighted by molar-refractivity contribution is 5.78. The fourth-order valence-corrected chi connectivity index (χ4v) is 11.0. The maximum absolute atomic E-state index is 14.4.